The molecular formula is C18H15Cl2N3OS. The summed E-state index contributed by atoms with van der Waals surface area (Å²) in [5, 5.41) is 6.72. The molecule has 0 aliphatic carbocycles. The second kappa shape index (κ2) is 7.95. The second-order valence-corrected chi connectivity index (χ2v) is 7.19. The van der Waals surface area contributed by atoms with Crippen molar-refractivity contribution in [2.24, 2.45) is 0 Å². The van der Waals surface area contributed by atoms with Crippen molar-refractivity contribution < 1.29 is 4.79 Å². The van der Waals surface area contributed by atoms with Crippen LogP contribution >= 0.6 is 34.5 Å². The van der Waals surface area contributed by atoms with Crippen LogP contribution in [0.3, 0.4) is 0 Å². The quantitative estimate of drug-likeness (QED) is 0.670. The summed E-state index contributed by atoms with van der Waals surface area (Å²) < 4.78 is 0. The van der Waals surface area contributed by atoms with Crippen molar-refractivity contribution in [3.8, 4) is 10.7 Å². The number of hydrogen-bond donors (Lipinski definition) is 1. The van der Waals surface area contributed by atoms with Gasteiger partial charge in [-0.25, -0.2) is 4.98 Å². The Bertz CT molecular complexity index is 883. The molecule has 0 unspecified atom stereocenters. The van der Waals surface area contributed by atoms with Gasteiger partial charge in [-0.05, 0) is 36.8 Å². The summed E-state index contributed by atoms with van der Waals surface area (Å²) in [7, 11) is 0. The van der Waals surface area contributed by atoms with Crippen LogP contribution in [0, 0.1) is 0 Å². The maximum Gasteiger partial charge on any atom is 0.226 e. The zero-order chi connectivity index (χ0) is 17.8. The van der Waals surface area contributed by atoms with Gasteiger partial charge in [0.25, 0.3) is 0 Å². The molecule has 128 valence electrons. The third-order valence-electron chi connectivity index (χ3n) is 3.58. The van der Waals surface area contributed by atoms with E-state index in [1.54, 1.807) is 18.3 Å². The minimum Gasteiger partial charge on any atom is -0.349 e. The van der Waals surface area contributed by atoms with Crippen LogP contribution in [0.1, 0.15) is 24.2 Å². The number of carbonyl (C=O) groups is 1. The number of aromatic nitrogens is 2. The molecule has 1 N–H and O–H groups in total. The second-order valence-electron chi connectivity index (χ2n) is 5.49. The summed E-state index contributed by atoms with van der Waals surface area (Å²) in [6.45, 7) is 1.88. The molecule has 3 rings (SSSR count). The highest BCUT2D eigenvalue weighted by atomic mass is 35.5. The standard InChI is InChI=1S/C18H15Cl2N3OS/c1-11(14-6-5-12(19)8-15(14)20)22-17(24)9-13-10-25-18(23-13)16-4-2-3-7-21-16/h2-8,10-11H,9H2,1H3,(H,22,24)/t11-/m0/s1. The molecule has 0 saturated carbocycles. The molecule has 0 saturated heterocycles. The Morgan fingerprint density at radius 2 is 2.12 bits per heavy atom. The summed E-state index contributed by atoms with van der Waals surface area (Å²) in [4.78, 5) is 21.0. The SMILES string of the molecule is C[C@H](NC(=O)Cc1csc(-c2ccccn2)n1)c1ccc(Cl)cc1Cl. The molecule has 25 heavy (non-hydrogen) atoms. The summed E-state index contributed by atoms with van der Waals surface area (Å²) in [5.74, 6) is -0.114. The first-order chi connectivity index (χ1) is 12.0. The number of rotatable bonds is 5. The molecule has 0 fully saturated rings. The van der Waals surface area contributed by atoms with E-state index in [0.29, 0.717) is 10.0 Å². The Balaban J connectivity index is 1.64. The third kappa shape index (κ3) is 4.57. The zero-order valence-corrected chi connectivity index (χ0v) is 15.7. The average molecular weight is 392 g/mol. The van der Waals surface area contributed by atoms with Crippen molar-refractivity contribution in [2.75, 3.05) is 0 Å². The molecule has 0 spiro atoms. The van der Waals surface area contributed by atoms with Gasteiger partial charge in [0, 0.05) is 21.6 Å². The number of carbonyl (C=O) groups excluding carboxylic acids is 1. The van der Waals surface area contributed by atoms with Gasteiger partial charge in [0.2, 0.25) is 5.91 Å². The number of pyridine rings is 1. The van der Waals surface area contributed by atoms with E-state index in [0.717, 1.165) is 22.0 Å². The number of nitrogens with zero attached hydrogens (tertiary/aromatic N) is 2. The summed E-state index contributed by atoms with van der Waals surface area (Å²) >= 11 is 13.6. The normalized spacial score (nSPS) is 12.0. The lowest BCUT2D eigenvalue weighted by Gasteiger charge is -2.15. The zero-order valence-electron chi connectivity index (χ0n) is 13.4. The molecule has 2 aromatic heterocycles. The first kappa shape index (κ1) is 17.9. The Kier molecular flexibility index (Phi) is 5.68. The van der Waals surface area contributed by atoms with Gasteiger partial charge in [-0.15, -0.1) is 11.3 Å². The summed E-state index contributed by atoms with van der Waals surface area (Å²) in [6, 6.07) is 10.7. The van der Waals surface area contributed by atoms with E-state index in [9.17, 15) is 4.79 Å². The molecule has 1 amide bonds. The maximum atomic E-state index is 12.3. The smallest absolute Gasteiger partial charge is 0.226 e. The molecule has 3 aromatic rings. The first-order valence-electron chi connectivity index (χ1n) is 7.63. The topological polar surface area (TPSA) is 54.9 Å². The average Bonchev–Trinajstić information content (AvgIpc) is 3.03. The molecule has 0 bridgehead atoms. The third-order valence-corrected chi connectivity index (χ3v) is 5.06. The molecule has 0 aliphatic heterocycles. The number of halogens is 2. The van der Waals surface area contributed by atoms with Crippen LogP contribution in [0.15, 0.2) is 48.0 Å². The van der Waals surface area contributed by atoms with Crippen LogP contribution in [0.5, 0.6) is 0 Å². The predicted octanol–water partition coefficient (Wildman–Crippen LogP) is 4.93. The van der Waals surface area contributed by atoms with Crippen LogP contribution in [0.4, 0.5) is 0 Å². The lowest BCUT2D eigenvalue weighted by Crippen LogP contribution is -2.28. The minimum absolute atomic E-state index is 0.114. The van der Waals surface area contributed by atoms with Crippen molar-refractivity contribution in [1.82, 2.24) is 15.3 Å². The van der Waals surface area contributed by atoms with Gasteiger partial charge in [0.15, 0.2) is 0 Å². The van der Waals surface area contributed by atoms with Gasteiger partial charge < -0.3 is 5.32 Å². The van der Waals surface area contributed by atoms with E-state index in [-0.39, 0.29) is 18.4 Å². The number of thiazole rings is 1. The number of hydrogen-bond acceptors (Lipinski definition) is 4. The van der Waals surface area contributed by atoms with E-state index < -0.39 is 0 Å². The van der Waals surface area contributed by atoms with Crippen LogP contribution in [0.25, 0.3) is 10.7 Å². The summed E-state index contributed by atoms with van der Waals surface area (Å²) in [6.07, 6.45) is 1.93. The van der Waals surface area contributed by atoms with Crippen LogP contribution in [0.2, 0.25) is 10.0 Å². The first-order valence-corrected chi connectivity index (χ1v) is 9.26. The molecule has 2 heterocycles. The highest BCUT2D eigenvalue weighted by Gasteiger charge is 2.15. The van der Waals surface area contributed by atoms with Gasteiger partial charge in [-0.2, -0.15) is 0 Å². The molecule has 7 heteroatoms. The predicted molar refractivity (Wildman–Crippen MR) is 102 cm³/mol. The Hall–Kier alpha value is -1.95. The molecule has 1 atom stereocenters. The lowest BCUT2D eigenvalue weighted by molar-refractivity contribution is -0.121. The molecular weight excluding hydrogens is 377 g/mol. The fourth-order valence-electron chi connectivity index (χ4n) is 2.38. The number of nitrogens with one attached hydrogen (secondary N) is 1. The van der Waals surface area contributed by atoms with Crippen LogP contribution in [-0.4, -0.2) is 15.9 Å². The van der Waals surface area contributed by atoms with E-state index in [4.69, 9.17) is 23.2 Å². The van der Waals surface area contributed by atoms with Gasteiger partial charge >= 0.3 is 0 Å². The van der Waals surface area contributed by atoms with Crippen molar-refractivity contribution in [2.45, 2.75) is 19.4 Å². The van der Waals surface area contributed by atoms with E-state index in [1.165, 1.54) is 11.3 Å². The van der Waals surface area contributed by atoms with E-state index in [1.807, 2.05) is 36.6 Å². The Morgan fingerprint density at radius 1 is 1.28 bits per heavy atom. The summed E-state index contributed by atoms with van der Waals surface area (Å²) in [5.41, 5.74) is 2.35. The van der Waals surface area contributed by atoms with Gasteiger partial charge in [-0.1, -0.05) is 35.3 Å². The molecule has 1 aromatic carbocycles. The van der Waals surface area contributed by atoms with Crippen LogP contribution < -0.4 is 5.32 Å². The number of amides is 1. The fourth-order valence-corrected chi connectivity index (χ4v) is 3.75. The fraction of sp³-hybridized carbons (Fsp3) is 0.167. The van der Waals surface area contributed by atoms with Crippen molar-refractivity contribution in [3.05, 3.63) is 69.3 Å². The van der Waals surface area contributed by atoms with Crippen molar-refractivity contribution >= 4 is 40.4 Å². The number of benzene rings is 1. The van der Waals surface area contributed by atoms with Crippen molar-refractivity contribution in [3.63, 3.8) is 0 Å². The Morgan fingerprint density at radius 3 is 2.84 bits per heavy atom. The maximum absolute atomic E-state index is 12.3. The van der Waals surface area contributed by atoms with Crippen LogP contribution in [-0.2, 0) is 11.2 Å². The highest BCUT2D eigenvalue weighted by Crippen LogP contribution is 2.26. The van der Waals surface area contributed by atoms with E-state index in [2.05, 4.69) is 15.3 Å². The molecule has 4 nitrogen and oxygen atoms in total. The van der Waals surface area contributed by atoms with E-state index >= 15 is 0 Å². The van der Waals surface area contributed by atoms with Gasteiger partial charge in [0.05, 0.1) is 23.9 Å². The highest BCUT2D eigenvalue weighted by molar-refractivity contribution is 7.13. The molecule has 0 aliphatic rings. The van der Waals surface area contributed by atoms with Gasteiger partial charge in [0.1, 0.15) is 5.01 Å². The largest absolute Gasteiger partial charge is 0.349 e. The monoisotopic (exact) mass is 391 g/mol. The minimum atomic E-state index is -0.217. The Labute approximate surface area is 159 Å². The lowest BCUT2D eigenvalue weighted by atomic mass is 10.1. The van der Waals surface area contributed by atoms with Crippen molar-refractivity contribution in [1.29, 1.82) is 0 Å². The van der Waals surface area contributed by atoms with Gasteiger partial charge in [-0.3, -0.25) is 9.78 Å². The molecule has 0 radical (unpaired) electrons.